The van der Waals surface area contributed by atoms with Gasteiger partial charge in [-0.05, 0) is 29.8 Å². The number of ketones is 1. The maximum Gasteiger partial charge on any atom is 0.295 e. The van der Waals surface area contributed by atoms with Gasteiger partial charge in [0.15, 0.2) is 0 Å². The van der Waals surface area contributed by atoms with Crippen molar-refractivity contribution >= 4 is 28.8 Å². The molecule has 0 radical (unpaired) electrons. The highest BCUT2D eigenvalue weighted by Gasteiger charge is 2.46. The number of rotatable bonds is 9. The van der Waals surface area contributed by atoms with Gasteiger partial charge in [0.1, 0.15) is 5.76 Å². The number of nitro groups is 2. The van der Waals surface area contributed by atoms with Gasteiger partial charge in [-0.15, -0.1) is 0 Å². The Morgan fingerprint density at radius 1 is 0.939 bits per heavy atom. The van der Waals surface area contributed by atoms with Gasteiger partial charge in [-0.2, -0.15) is 0 Å². The fourth-order valence-corrected chi connectivity index (χ4v) is 3.46. The number of nitrogens with zero attached hydrogens (tertiary/aromatic N) is 3. The number of aliphatic hydroxyl groups is 2. The standard InChI is InChI=1S/C21H19N3O9/c25-10-12-33-11-9-22-18(13-1-5-15(6-2-13)23(29)30)17(20(27)21(22)28)19(26)14-3-7-16(8-4-14)24(31)32/h1-8,18,25-26H,9-12H2/b19-17+/t18-/m0/s1. The Morgan fingerprint density at radius 3 is 2.00 bits per heavy atom. The van der Waals surface area contributed by atoms with Crippen LogP contribution < -0.4 is 0 Å². The molecule has 0 aliphatic carbocycles. The van der Waals surface area contributed by atoms with Crippen molar-refractivity contribution in [2.45, 2.75) is 6.04 Å². The van der Waals surface area contributed by atoms with E-state index in [1.165, 1.54) is 36.4 Å². The average Bonchev–Trinajstić information content (AvgIpc) is 3.06. The van der Waals surface area contributed by atoms with Crippen LogP contribution in [0.15, 0.2) is 54.1 Å². The molecule has 1 heterocycles. The highest BCUT2D eigenvalue weighted by atomic mass is 16.6. The summed E-state index contributed by atoms with van der Waals surface area (Å²) in [5, 5.41) is 41.6. The molecule has 172 valence electrons. The van der Waals surface area contributed by atoms with Crippen LogP contribution in [0.25, 0.3) is 5.76 Å². The second-order valence-corrected chi connectivity index (χ2v) is 6.98. The molecule has 1 amide bonds. The molecule has 33 heavy (non-hydrogen) atoms. The zero-order valence-corrected chi connectivity index (χ0v) is 17.1. The number of hydrogen-bond acceptors (Lipinski definition) is 9. The number of ether oxygens (including phenoxy) is 1. The Labute approximate surface area is 186 Å². The lowest BCUT2D eigenvalue weighted by Gasteiger charge is -2.25. The number of carbonyl (C=O) groups is 2. The minimum atomic E-state index is -1.07. The predicted molar refractivity (Wildman–Crippen MR) is 113 cm³/mol. The molecule has 12 nitrogen and oxygen atoms in total. The first-order valence-corrected chi connectivity index (χ1v) is 9.72. The number of likely N-dealkylation sites (tertiary alicyclic amines) is 1. The molecular weight excluding hydrogens is 438 g/mol. The van der Waals surface area contributed by atoms with Crippen molar-refractivity contribution in [3.8, 4) is 0 Å². The predicted octanol–water partition coefficient (Wildman–Crippen LogP) is 1.93. The Kier molecular flexibility index (Phi) is 7.10. The zero-order chi connectivity index (χ0) is 24.1. The molecule has 3 rings (SSSR count). The number of hydrogen-bond donors (Lipinski definition) is 2. The van der Waals surface area contributed by atoms with Crippen LogP contribution in [-0.4, -0.2) is 63.0 Å². The lowest BCUT2D eigenvalue weighted by Crippen LogP contribution is -2.33. The molecule has 1 atom stereocenters. The van der Waals surface area contributed by atoms with E-state index < -0.39 is 33.3 Å². The van der Waals surface area contributed by atoms with Crippen LogP contribution in [0.1, 0.15) is 17.2 Å². The Hall–Kier alpha value is -4.16. The number of benzene rings is 2. The number of non-ortho nitro benzene ring substituents is 2. The third-order valence-electron chi connectivity index (χ3n) is 5.02. The number of nitro benzene ring substituents is 2. The van der Waals surface area contributed by atoms with E-state index in [1.807, 2.05) is 0 Å². The summed E-state index contributed by atoms with van der Waals surface area (Å²) in [6.45, 7) is -0.266. The van der Waals surface area contributed by atoms with Gasteiger partial charge >= 0.3 is 0 Å². The number of amides is 1. The summed E-state index contributed by atoms with van der Waals surface area (Å²) in [5.74, 6) is -2.42. The van der Waals surface area contributed by atoms with Crippen LogP contribution in [0.4, 0.5) is 11.4 Å². The second kappa shape index (κ2) is 9.97. The van der Waals surface area contributed by atoms with E-state index in [0.717, 1.165) is 17.0 Å². The first-order chi connectivity index (χ1) is 15.8. The van der Waals surface area contributed by atoms with E-state index in [4.69, 9.17) is 9.84 Å². The summed E-state index contributed by atoms with van der Waals surface area (Å²) in [4.78, 5) is 47.4. The topological polar surface area (TPSA) is 173 Å². The minimum Gasteiger partial charge on any atom is -0.507 e. The van der Waals surface area contributed by atoms with Crippen LogP contribution in [0.5, 0.6) is 0 Å². The van der Waals surface area contributed by atoms with Gasteiger partial charge in [0.2, 0.25) is 0 Å². The van der Waals surface area contributed by atoms with Crippen LogP contribution in [0.3, 0.4) is 0 Å². The molecule has 2 aromatic rings. The molecular formula is C21H19N3O9. The van der Waals surface area contributed by atoms with E-state index in [-0.39, 0.29) is 48.9 Å². The zero-order valence-electron chi connectivity index (χ0n) is 17.1. The molecule has 0 saturated carbocycles. The third-order valence-corrected chi connectivity index (χ3v) is 5.02. The Morgan fingerprint density at radius 2 is 1.48 bits per heavy atom. The maximum atomic E-state index is 12.8. The monoisotopic (exact) mass is 457 g/mol. The van der Waals surface area contributed by atoms with Gasteiger partial charge in [-0.25, -0.2) is 0 Å². The van der Waals surface area contributed by atoms with E-state index >= 15 is 0 Å². The highest BCUT2D eigenvalue weighted by molar-refractivity contribution is 6.46. The third kappa shape index (κ3) is 4.86. The first kappa shape index (κ1) is 23.5. The van der Waals surface area contributed by atoms with Gasteiger partial charge < -0.3 is 19.8 Å². The Balaban J connectivity index is 2.07. The highest BCUT2D eigenvalue weighted by Crippen LogP contribution is 2.39. The lowest BCUT2D eigenvalue weighted by molar-refractivity contribution is -0.385. The van der Waals surface area contributed by atoms with E-state index in [1.54, 1.807) is 0 Å². The van der Waals surface area contributed by atoms with Crippen molar-refractivity contribution in [3.63, 3.8) is 0 Å². The maximum absolute atomic E-state index is 12.8. The van der Waals surface area contributed by atoms with Gasteiger partial charge in [-0.1, -0.05) is 0 Å². The molecule has 0 bridgehead atoms. The van der Waals surface area contributed by atoms with Gasteiger partial charge in [0, 0.05) is 36.4 Å². The number of carbonyl (C=O) groups excluding carboxylic acids is 2. The van der Waals surface area contributed by atoms with Crippen molar-refractivity contribution in [3.05, 3.63) is 85.5 Å². The van der Waals surface area contributed by atoms with Crippen molar-refractivity contribution < 1.29 is 34.4 Å². The molecule has 2 N–H and O–H groups in total. The minimum absolute atomic E-state index is 0.00532. The van der Waals surface area contributed by atoms with Crippen molar-refractivity contribution in [1.82, 2.24) is 4.90 Å². The van der Waals surface area contributed by atoms with Crippen molar-refractivity contribution in [1.29, 1.82) is 0 Å². The van der Waals surface area contributed by atoms with Crippen LogP contribution in [-0.2, 0) is 14.3 Å². The second-order valence-electron chi connectivity index (χ2n) is 6.98. The first-order valence-electron chi connectivity index (χ1n) is 9.72. The van der Waals surface area contributed by atoms with Crippen molar-refractivity contribution in [2.75, 3.05) is 26.4 Å². The molecule has 1 saturated heterocycles. The van der Waals surface area contributed by atoms with E-state index in [0.29, 0.717) is 5.56 Å². The largest absolute Gasteiger partial charge is 0.507 e. The fourth-order valence-electron chi connectivity index (χ4n) is 3.46. The molecule has 0 aromatic heterocycles. The molecule has 2 aromatic carbocycles. The molecule has 0 unspecified atom stereocenters. The van der Waals surface area contributed by atoms with Gasteiger partial charge in [0.05, 0.1) is 41.3 Å². The summed E-state index contributed by atoms with van der Waals surface area (Å²) in [7, 11) is 0. The van der Waals surface area contributed by atoms with Crippen molar-refractivity contribution in [2.24, 2.45) is 0 Å². The average molecular weight is 457 g/mol. The lowest BCUT2D eigenvalue weighted by atomic mass is 9.95. The summed E-state index contributed by atoms with van der Waals surface area (Å²) in [6.07, 6.45) is 0. The quantitative estimate of drug-likeness (QED) is 0.142. The summed E-state index contributed by atoms with van der Waals surface area (Å²) in [6, 6.07) is 8.89. The number of Topliss-reactive ketones (excluding diaryl/α,β-unsaturated/α-hetero) is 1. The van der Waals surface area contributed by atoms with Crippen LogP contribution in [0.2, 0.25) is 0 Å². The fraction of sp³-hybridized carbons (Fsp3) is 0.238. The summed E-state index contributed by atoms with van der Waals surface area (Å²) >= 11 is 0. The smallest absolute Gasteiger partial charge is 0.295 e. The Bertz CT molecular complexity index is 1110. The van der Waals surface area contributed by atoms with Crippen LogP contribution in [0, 0.1) is 20.2 Å². The van der Waals surface area contributed by atoms with Gasteiger partial charge in [0.25, 0.3) is 23.1 Å². The molecule has 1 fully saturated rings. The van der Waals surface area contributed by atoms with E-state index in [2.05, 4.69) is 0 Å². The molecule has 1 aliphatic heterocycles. The number of aliphatic hydroxyl groups excluding tert-OH is 2. The van der Waals surface area contributed by atoms with Gasteiger partial charge in [-0.3, -0.25) is 29.8 Å². The molecule has 12 heteroatoms. The molecule has 1 aliphatic rings. The van der Waals surface area contributed by atoms with Crippen LogP contribution >= 0.6 is 0 Å². The normalized spacial score (nSPS) is 17.4. The summed E-state index contributed by atoms with van der Waals surface area (Å²) in [5.41, 5.74) is -0.255. The summed E-state index contributed by atoms with van der Waals surface area (Å²) < 4.78 is 5.19. The van der Waals surface area contributed by atoms with E-state index in [9.17, 15) is 34.9 Å². The molecule has 0 spiro atoms. The SMILES string of the molecule is O=C1C(=O)N(CCOCCO)[C@@H](c2ccc([N+](=O)[O-])cc2)/C1=C(\O)c1ccc([N+](=O)[O-])cc1.